The Morgan fingerprint density at radius 3 is 1.23 bits per heavy atom. The van der Waals surface area contributed by atoms with E-state index in [0.717, 1.165) is 6.61 Å². The second-order valence-electron chi connectivity index (χ2n) is 6.42. The van der Waals surface area contributed by atoms with Gasteiger partial charge in [-0.15, -0.1) is 6.58 Å². The van der Waals surface area contributed by atoms with Crippen molar-refractivity contribution in [3.63, 3.8) is 0 Å². The molecule has 0 aromatic rings. The molecule has 0 saturated heterocycles. The fraction of sp³-hybridized carbons (Fsp3) is 0.810. The summed E-state index contributed by atoms with van der Waals surface area (Å²) in [6, 6.07) is 0. The molecule has 0 aromatic carbocycles. The minimum atomic E-state index is 0.845. The van der Waals surface area contributed by atoms with Crippen molar-refractivity contribution in [1.29, 1.82) is 0 Å². The lowest BCUT2D eigenvalue weighted by molar-refractivity contribution is 0.241. The molecule has 0 heterocycles. The van der Waals surface area contributed by atoms with Gasteiger partial charge in [0, 0.05) is 0 Å². The summed E-state index contributed by atoms with van der Waals surface area (Å²) in [6.07, 6.45) is 25.7. The van der Waals surface area contributed by atoms with Crippen LogP contribution in [0.15, 0.2) is 25.5 Å². The zero-order valence-corrected chi connectivity index (χ0v) is 15.0. The standard InChI is InChI=1S/C21H40O/c1-3-5-6-7-8-9-10-11-12-13-14-15-16-17-18-19-20-21-22-4-2/h3-4H,1-2,5-21H2. The van der Waals surface area contributed by atoms with Crippen molar-refractivity contribution >= 4 is 0 Å². The molecule has 0 atom stereocenters. The van der Waals surface area contributed by atoms with Gasteiger partial charge in [0.15, 0.2) is 0 Å². The first-order chi connectivity index (χ1) is 10.9. The highest BCUT2D eigenvalue weighted by Gasteiger charge is 1.94. The average Bonchev–Trinajstić information content (AvgIpc) is 2.54. The van der Waals surface area contributed by atoms with Crippen molar-refractivity contribution in [2.24, 2.45) is 0 Å². The molecule has 0 bridgehead atoms. The molecule has 0 rings (SSSR count). The summed E-state index contributed by atoms with van der Waals surface area (Å²) < 4.78 is 5.12. The molecular weight excluding hydrogens is 268 g/mol. The van der Waals surface area contributed by atoms with E-state index in [9.17, 15) is 0 Å². The number of rotatable bonds is 19. The van der Waals surface area contributed by atoms with Crippen LogP contribution in [0.1, 0.15) is 103 Å². The number of hydrogen-bond acceptors (Lipinski definition) is 1. The van der Waals surface area contributed by atoms with Gasteiger partial charge in [-0.25, -0.2) is 0 Å². The third kappa shape index (κ3) is 19.3. The summed E-state index contributed by atoms with van der Waals surface area (Å²) in [6.45, 7) is 8.16. The molecule has 0 spiro atoms. The number of allylic oxidation sites excluding steroid dienone is 1. The van der Waals surface area contributed by atoms with Crippen LogP contribution >= 0.6 is 0 Å². The van der Waals surface area contributed by atoms with E-state index in [1.54, 1.807) is 6.26 Å². The molecule has 1 heteroatoms. The van der Waals surface area contributed by atoms with Crippen LogP contribution in [0.25, 0.3) is 0 Å². The monoisotopic (exact) mass is 308 g/mol. The van der Waals surface area contributed by atoms with E-state index in [2.05, 4.69) is 13.2 Å². The van der Waals surface area contributed by atoms with Crippen LogP contribution in [-0.2, 0) is 4.74 Å². The van der Waals surface area contributed by atoms with Crippen LogP contribution in [0.3, 0.4) is 0 Å². The molecule has 0 saturated carbocycles. The van der Waals surface area contributed by atoms with Gasteiger partial charge in [-0.1, -0.05) is 96.1 Å². The van der Waals surface area contributed by atoms with E-state index in [1.165, 1.54) is 103 Å². The molecule has 0 unspecified atom stereocenters. The van der Waals surface area contributed by atoms with Crippen molar-refractivity contribution in [2.75, 3.05) is 6.61 Å². The van der Waals surface area contributed by atoms with Gasteiger partial charge in [0.05, 0.1) is 12.9 Å². The molecule has 0 radical (unpaired) electrons. The maximum atomic E-state index is 5.12. The zero-order valence-electron chi connectivity index (χ0n) is 15.0. The van der Waals surface area contributed by atoms with Gasteiger partial charge in [-0.2, -0.15) is 0 Å². The van der Waals surface area contributed by atoms with Crippen LogP contribution in [0.4, 0.5) is 0 Å². The van der Waals surface area contributed by atoms with Crippen LogP contribution in [-0.4, -0.2) is 6.61 Å². The molecule has 0 amide bonds. The molecular formula is C21H40O. The zero-order chi connectivity index (χ0) is 16.1. The predicted molar refractivity (Wildman–Crippen MR) is 100 cm³/mol. The van der Waals surface area contributed by atoms with E-state index >= 15 is 0 Å². The first-order valence-electron chi connectivity index (χ1n) is 9.75. The number of hydrogen-bond donors (Lipinski definition) is 0. The molecule has 0 aliphatic carbocycles. The fourth-order valence-electron chi connectivity index (χ4n) is 2.86. The number of unbranched alkanes of at least 4 members (excludes halogenated alkanes) is 15. The maximum absolute atomic E-state index is 5.12. The van der Waals surface area contributed by atoms with E-state index in [0.29, 0.717) is 0 Å². The van der Waals surface area contributed by atoms with Gasteiger partial charge in [0.2, 0.25) is 0 Å². The topological polar surface area (TPSA) is 9.23 Å². The Bertz CT molecular complexity index is 198. The van der Waals surface area contributed by atoms with Crippen molar-refractivity contribution in [1.82, 2.24) is 0 Å². The molecule has 0 aliphatic rings. The van der Waals surface area contributed by atoms with E-state index in [4.69, 9.17) is 4.74 Å². The van der Waals surface area contributed by atoms with Crippen molar-refractivity contribution in [3.05, 3.63) is 25.5 Å². The van der Waals surface area contributed by atoms with Crippen LogP contribution in [0.2, 0.25) is 0 Å². The molecule has 130 valence electrons. The molecule has 22 heavy (non-hydrogen) atoms. The minimum Gasteiger partial charge on any atom is -0.502 e. The highest BCUT2D eigenvalue weighted by Crippen LogP contribution is 2.13. The van der Waals surface area contributed by atoms with E-state index < -0.39 is 0 Å². The Morgan fingerprint density at radius 1 is 0.500 bits per heavy atom. The predicted octanol–water partition coefficient (Wildman–Crippen LogP) is 7.57. The van der Waals surface area contributed by atoms with Gasteiger partial charge in [0.1, 0.15) is 0 Å². The summed E-state index contributed by atoms with van der Waals surface area (Å²) in [5.74, 6) is 0. The Kier molecular flexibility index (Phi) is 19.6. The van der Waals surface area contributed by atoms with Gasteiger partial charge < -0.3 is 4.74 Å². The summed E-state index contributed by atoms with van der Waals surface area (Å²) in [5, 5.41) is 0. The van der Waals surface area contributed by atoms with Crippen LogP contribution in [0.5, 0.6) is 0 Å². The smallest absolute Gasteiger partial charge is 0.0873 e. The second-order valence-corrected chi connectivity index (χ2v) is 6.42. The summed E-state index contributed by atoms with van der Waals surface area (Å²) >= 11 is 0. The van der Waals surface area contributed by atoms with Crippen LogP contribution in [0, 0.1) is 0 Å². The molecule has 0 aromatic heterocycles. The lowest BCUT2D eigenvalue weighted by Crippen LogP contribution is -1.87. The first kappa shape index (κ1) is 21.3. The summed E-state index contributed by atoms with van der Waals surface area (Å²) in [4.78, 5) is 0. The van der Waals surface area contributed by atoms with E-state index in [-0.39, 0.29) is 0 Å². The lowest BCUT2D eigenvalue weighted by atomic mass is 10.0. The van der Waals surface area contributed by atoms with Gasteiger partial charge >= 0.3 is 0 Å². The maximum Gasteiger partial charge on any atom is 0.0873 e. The Balaban J connectivity index is 2.94. The highest BCUT2D eigenvalue weighted by atomic mass is 16.5. The average molecular weight is 309 g/mol. The molecule has 0 N–H and O–H groups in total. The van der Waals surface area contributed by atoms with Crippen molar-refractivity contribution < 1.29 is 4.74 Å². The third-order valence-corrected chi connectivity index (χ3v) is 4.29. The summed E-state index contributed by atoms with van der Waals surface area (Å²) in [7, 11) is 0. The minimum absolute atomic E-state index is 0.845. The Labute approximate surface area is 140 Å². The lowest BCUT2D eigenvalue weighted by Gasteiger charge is -2.03. The van der Waals surface area contributed by atoms with Crippen molar-refractivity contribution in [3.8, 4) is 0 Å². The fourth-order valence-corrected chi connectivity index (χ4v) is 2.86. The Hall–Kier alpha value is -0.720. The van der Waals surface area contributed by atoms with Gasteiger partial charge in [0.25, 0.3) is 0 Å². The van der Waals surface area contributed by atoms with Crippen molar-refractivity contribution in [2.45, 2.75) is 103 Å². The van der Waals surface area contributed by atoms with E-state index in [1.807, 2.05) is 6.08 Å². The number of ether oxygens (including phenoxy) is 1. The first-order valence-corrected chi connectivity index (χ1v) is 9.75. The molecule has 1 nitrogen and oxygen atoms in total. The highest BCUT2D eigenvalue weighted by molar-refractivity contribution is 4.65. The SMILES string of the molecule is C=CCCCCCCCCCCCCCCCCCOC=C. The van der Waals surface area contributed by atoms with Gasteiger partial charge in [-0.05, 0) is 19.3 Å². The van der Waals surface area contributed by atoms with Crippen LogP contribution < -0.4 is 0 Å². The largest absolute Gasteiger partial charge is 0.502 e. The van der Waals surface area contributed by atoms with Gasteiger partial charge in [-0.3, -0.25) is 0 Å². The second kappa shape index (κ2) is 20.3. The molecule has 0 aliphatic heterocycles. The summed E-state index contributed by atoms with van der Waals surface area (Å²) in [5.41, 5.74) is 0. The third-order valence-electron chi connectivity index (χ3n) is 4.29. The quantitative estimate of drug-likeness (QED) is 0.136. The normalized spacial score (nSPS) is 10.5. The molecule has 0 fully saturated rings. The Morgan fingerprint density at radius 2 is 0.864 bits per heavy atom.